The van der Waals surface area contributed by atoms with E-state index in [-0.39, 0.29) is 5.82 Å². The molecule has 0 aliphatic rings. The topological polar surface area (TPSA) is 26.0 Å². The third-order valence-electron chi connectivity index (χ3n) is 2.71. The van der Waals surface area contributed by atoms with Crippen molar-refractivity contribution in [3.63, 3.8) is 0 Å². The molecular formula is C15H15F2NS. The van der Waals surface area contributed by atoms with Gasteiger partial charge in [-0.2, -0.15) is 0 Å². The zero-order valence-electron chi connectivity index (χ0n) is 10.4. The van der Waals surface area contributed by atoms with Crippen molar-refractivity contribution < 1.29 is 8.78 Å². The highest BCUT2D eigenvalue weighted by Crippen LogP contribution is 2.23. The Kier molecular flexibility index (Phi) is 4.80. The minimum absolute atomic E-state index is 0.365. The van der Waals surface area contributed by atoms with Gasteiger partial charge in [0.15, 0.2) is 0 Å². The van der Waals surface area contributed by atoms with Crippen LogP contribution in [0.5, 0.6) is 0 Å². The van der Waals surface area contributed by atoms with Gasteiger partial charge in [0.05, 0.1) is 0 Å². The molecule has 1 nitrogen and oxygen atoms in total. The maximum absolute atomic E-state index is 13.4. The lowest BCUT2D eigenvalue weighted by Crippen LogP contribution is -1.91. The number of nitrogens with two attached hydrogens (primary N) is 1. The number of anilines is 1. The van der Waals surface area contributed by atoms with Crippen molar-refractivity contribution in [1.29, 1.82) is 0 Å². The summed E-state index contributed by atoms with van der Waals surface area (Å²) in [6, 6.07) is 11.3. The zero-order valence-corrected chi connectivity index (χ0v) is 11.2. The summed E-state index contributed by atoms with van der Waals surface area (Å²) in [6.07, 6.45) is 1.78. The Morgan fingerprint density at radius 2 is 1.89 bits per heavy atom. The van der Waals surface area contributed by atoms with Gasteiger partial charge in [0.2, 0.25) is 0 Å². The van der Waals surface area contributed by atoms with Crippen LogP contribution in [0.3, 0.4) is 0 Å². The Bertz CT molecular complexity index is 558. The van der Waals surface area contributed by atoms with Crippen molar-refractivity contribution in [2.75, 3.05) is 11.5 Å². The monoisotopic (exact) mass is 279 g/mol. The Morgan fingerprint density at radius 3 is 2.68 bits per heavy atom. The summed E-state index contributed by atoms with van der Waals surface area (Å²) in [5, 5.41) is 0. The molecule has 2 N–H and O–H groups in total. The highest BCUT2D eigenvalue weighted by atomic mass is 32.2. The predicted molar refractivity (Wildman–Crippen MR) is 76.3 cm³/mol. The van der Waals surface area contributed by atoms with Gasteiger partial charge in [-0.3, -0.25) is 0 Å². The lowest BCUT2D eigenvalue weighted by atomic mass is 10.1. The van der Waals surface area contributed by atoms with Crippen LogP contribution >= 0.6 is 11.8 Å². The summed E-state index contributed by atoms with van der Waals surface area (Å²) in [4.78, 5) is 0.368. The maximum atomic E-state index is 13.4. The van der Waals surface area contributed by atoms with Gasteiger partial charge in [0.25, 0.3) is 0 Å². The molecule has 2 aromatic rings. The molecule has 2 rings (SSSR count). The quantitative estimate of drug-likeness (QED) is 0.502. The molecule has 0 aliphatic carbocycles. The first-order chi connectivity index (χ1) is 9.15. The Labute approximate surface area is 115 Å². The summed E-state index contributed by atoms with van der Waals surface area (Å²) in [7, 11) is 0. The molecule has 0 amide bonds. The fourth-order valence-electron chi connectivity index (χ4n) is 1.79. The normalized spacial score (nSPS) is 10.6. The number of thioether (sulfide) groups is 1. The van der Waals surface area contributed by atoms with Gasteiger partial charge in [0, 0.05) is 10.6 Å². The van der Waals surface area contributed by atoms with E-state index < -0.39 is 5.82 Å². The van der Waals surface area contributed by atoms with Crippen molar-refractivity contribution in [2.45, 2.75) is 17.7 Å². The van der Waals surface area contributed by atoms with Crippen molar-refractivity contribution in [2.24, 2.45) is 0 Å². The molecule has 0 saturated carbocycles. The van der Waals surface area contributed by atoms with Gasteiger partial charge < -0.3 is 5.73 Å². The van der Waals surface area contributed by atoms with Crippen LogP contribution in [0.1, 0.15) is 12.0 Å². The lowest BCUT2D eigenvalue weighted by molar-refractivity contribution is 0.577. The third kappa shape index (κ3) is 4.24. The van der Waals surface area contributed by atoms with Crippen LogP contribution in [-0.4, -0.2) is 5.75 Å². The van der Waals surface area contributed by atoms with Crippen LogP contribution in [0.2, 0.25) is 0 Å². The molecule has 0 aromatic heterocycles. The van der Waals surface area contributed by atoms with Gasteiger partial charge >= 0.3 is 0 Å². The van der Waals surface area contributed by atoms with E-state index in [2.05, 4.69) is 0 Å². The van der Waals surface area contributed by atoms with E-state index in [0.717, 1.165) is 36.4 Å². The van der Waals surface area contributed by atoms with E-state index in [0.29, 0.717) is 4.90 Å². The smallest absolute Gasteiger partial charge is 0.136 e. The summed E-state index contributed by atoms with van der Waals surface area (Å²) >= 11 is 1.34. The molecule has 0 aliphatic heterocycles. The second-order valence-electron chi connectivity index (χ2n) is 4.27. The molecule has 0 bridgehead atoms. The average molecular weight is 279 g/mol. The molecule has 4 heteroatoms. The Hall–Kier alpha value is -1.55. The molecule has 0 atom stereocenters. The van der Waals surface area contributed by atoms with Crippen molar-refractivity contribution in [1.82, 2.24) is 0 Å². The van der Waals surface area contributed by atoms with Crippen LogP contribution in [0, 0.1) is 11.6 Å². The molecule has 0 saturated heterocycles. The van der Waals surface area contributed by atoms with E-state index in [1.807, 2.05) is 24.3 Å². The second-order valence-corrected chi connectivity index (χ2v) is 5.41. The number of nitrogen functional groups attached to an aromatic ring is 1. The van der Waals surface area contributed by atoms with Crippen molar-refractivity contribution in [3.05, 3.63) is 59.7 Å². The van der Waals surface area contributed by atoms with Gasteiger partial charge in [-0.05, 0) is 54.5 Å². The number of benzene rings is 2. The summed E-state index contributed by atoms with van der Waals surface area (Å²) in [5.74, 6) is -0.0232. The minimum atomic E-state index is -0.403. The first-order valence-electron chi connectivity index (χ1n) is 6.07. The van der Waals surface area contributed by atoms with E-state index in [9.17, 15) is 8.78 Å². The van der Waals surface area contributed by atoms with Gasteiger partial charge in [0.1, 0.15) is 11.6 Å². The van der Waals surface area contributed by atoms with Crippen LogP contribution in [-0.2, 0) is 6.42 Å². The number of hydrogen-bond acceptors (Lipinski definition) is 2. The Balaban J connectivity index is 1.82. The molecule has 0 unspecified atom stereocenters. The molecule has 0 heterocycles. The van der Waals surface area contributed by atoms with Crippen LogP contribution in [0.25, 0.3) is 0 Å². The number of rotatable bonds is 5. The lowest BCUT2D eigenvalue weighted by Gasteiger charge is -2.04. The summed E-state index contributed by atoms with van der Waals surface area (Å²) < 4.78 is 26.3. The molecule has 100 valence electrons. The van der Waals surface area contributed by atoms with Crippen LogP contribution in [0.4, 0.5) is 14.5 Å². The molecule has 2 aromatic carbocycles. The molecule has 0 fully saturated rings. The summed E-state index contributed by atoms with van der Waals surface area (Å²) in [6.45, 7) is 0. The van der Waals surface area contributed by atoms with Crippen LogP contribution in [0.15, 0.2) is 47.4 Å². The molecular weight excluding hydrogens is 264 g/mol. The third-order valence-corrected chi connectivity index (χ3v) is 3.83. The van der Waals surface area contributed by atoms with E-state index >= 15 is 0 Å². The SMILES string of the molecule is Nc1cccc(CCCSc2cc(F)ccc2F)c1. The Morgan fingerprint density at radius 1 is 1.05 bits per heavy atom. The van der Waals surface area contributed by atoms with E-state index in [1.54, 1.807) is 0 Å². The molecule has 19 heavy (non-hydrogen) atoms. The van der Waals surface area contributed by atoms with Gasteiger partial charge in [-0.1, -0.05) is 12.1 Å². The van der Waals surface area contributed by atoms with Crippen molar-refractivity contribution >= 4 is 17.4 Å². The molecule has 0 radical (unpaired) electrons. The minimum Gasteiger partial charge on any atom is -0.399 e. The first-order valence-corrected chi connectivity index (χ1v) is 7.06. The molecule has 0 spiro atoms. The fraction of sp³-hybridized carbons (Fsp3) is 0.200. The van der Waals surface area contributed by atoms with Crippen molar-refractivity contribution in [3.8, 4) is 0 Å². The summed E-state index contributed by atoms with van der Waals surface area (Å²) in [5.41, 5.74) is 7.61. The van der Waals surface area contributed by atoms with E-state index in [1.165, 1.54) is 23.4 Å². The second kappa shape index (κ2) is 6.57. The van der Waals surface area contributed by atoms with Gasteiger partial charge in [-0.25, -0.2) is 8.78 Å². The average Bonchev–Trinajstić information content (AvgIpc) is 2.39. The highest BCUT2D eigenvalue weighted by Gasteiger charge is 2.04. The predicted octanol–water partition coefficient (Wildman–Crippen LogP) is 4.27. The van der Waals surface area contributed by atoms with E-state index in [4.69, 9.17) is 5.73 Å². The first kappa shape index (κ1) is 13.9. The maximum Gasteiger partial charge on any atom is 0.136 e. The number of halogens is 2. The highest BCUT2D eigenvalue weighted by molar-refractivity contribution is 7.99. The van der Waals surface area contributed by atoms with Crippen LogP contribution < -0.4 is 5.73 Å². The van der Waals surface area contributed by atoms with Gasteiger partial charge in [-0.15, -0.1) is 11.8 Å². The largest absolute Gasteiger partial charge is 0.399 e. The standard InChI is InChI=1S/C15H15F2NS/c16-12-6-7-14(17)15(10-12)19-8-2-4-11-3-1-5-13(18)9-11/h1,3,5-7,9-10H,2,4,8,18H2. The number of aryl methyl sites for hydroxylation is 1. The fourth-order valence-corrected chi connectivity index (χ4v) is 2.71. The number of hydrogen-bond donors (Lipinski definition) is 1. The zero-order chi connectivity index (χ0) is 13.7.